The van der Waals surface area contributed by atoms with Gasteiger partial charge in [-0.2, -0.15) is 5.11 Å². The Kier molecular flexibility index (Phi) is 3.79. The topological polar surface area (TPSA) is 62.0 Å². The maximum atomic E-state index is 6.76. The minimum Gasteiger partial charge on any atom is -0.210 e. The van der Waals surface area contributed by atoms with E-state index in [1.54, 1.807) is 0 Å². The van der Waals surface area contributed by atoms with Crippen LogP contribution in [-0.2, 0) is 6.42 Å². The number of aromatic nitrogens is 2. The Bertz CT molecular complexity index is 221. The monoisotopic (exact) mass is 184 g/mol. The molecule has 1 atom stereocenters. The molecule has 1 rings (SSSR count). The maximum Gasteiger partial charge on any atom is 0.0755 e. The summed E-state index contributed by atoms with van der Waals surface area (Å²) >= 11 is 1.38. The van der Waals surface area contributed by atoms with Crippen molar-refractivity contribution in [3.8, 4) is 0 Å². The van der Waals surface area contributed by atoms with E-state index in [2.05, 4.69) is 14.7 Å². The Morgan fingerprint density at radius 2 is 2.58 bits per heavy atom. The predicted molar refractivity (Wildman–Crippen MR) is 47.5 cm³/mol. The first kappa shape index (κ1) is 9.25. The lowest BCUT2D eigenvalue weighted by Crippen LogP contribution is -1.97. The first-order valence-corrected chi connectivity index (χ1v) is 4.79. The van der Waals surface area contributed by atoms with Crippen LogP contribution in [0.4, 0.5) is 0 Å². The van der Waals surface area contributed by atoms with Crippen LogP contribution in [-0.4, -0.2) is 15.6 Å². The highest BCUT2D eigenvalue weighted by Gasteiger charge is 2.00. The highest BCUT2D eigenvalue weighted by Crippen LogP contribution is 2.06. The standard InChI is InChI=1S/C7H12N4S/c1-6(9-8)3-2-4-7-5-12-11-10-7/h5-6,8H,2-4H2,1H3. The van der Waals surface area contributed by atoms with Crippen LogP contribution in [0, 0.1) is 5.53 Å². The molecule has 0 aliphatic carbocycles. The summed E-state index contributed by atoms with van der Waals surface area (Å²) in [5.41, 5.74) is 7.81. The van der Waals surface area contributed by atoms with E-state index in [4.69, 9.17) is 5.53 Å². The van der Waals surface area contributed by atoms with Gasteiger partial charge in [0.2, 0.25) is 0 Å². The molecular weight excluding hydrogens is 172 g/mol. The van der Waals surface area contributed by atoms with Gasteiger partial charge >= 0.3 is 0 Å². The minimum absolute atomic E-state index is 0.150. The fourth-order valence-electron chi connectivity index (χ4n) is 0.936. The second-order valence-corrected chi connectivity index (χ2v) is 3.38. The first-order chi connectivity index (χ1) is 5.83. The lowest BCUT2D eigenvalue weighted by molar-refractivity contribution is 0.588. The predicted octanol–water partition coefficient (Wildman–Crippen LogP) is 2.28. The average Bonchev–Trinajstić information content (AvgIpc) is 2.57. The van der Waals surface area contributed by atoms with E-state index in [9.17, 15) is 0 Å². The van der Waals surface area contributed by atoms with E-state index in [1.165, 1.54) is 11.5 Å². The van der Waals surface area contributed by atoms with Crippen LogP contribution in [0.3, 0.4) is 0 Å². The van der Waals surface area contributed by atoms with Gasteiger partial charge in [-0.05, 0) is 37.7 Å². The van der Waals surface area contributed by atoms with E-state index < -0.39 is 0 Å². The molecule has 0 aromatic carbocycles. The lowest BCUT2D eigenvalue weighted by Gasteiger charge is -2.00. The van der Waals surface area contributed by atoms with E-state index in [0.717, 1.165) is 25.0 Å². The van der Waals surface area contributed by atoms with Crippen molar-refractivity contribution in [2.24, 2.45) is 5.11 Å². The number of aryl methyl sites for hydroxylation is 1. The molecule has 4 nitrogen and oxygen atoms in total. The Morgan fingerprint density at radius 1 is 1.75 bits per heavy atom. The summed E-state index contributed by atoms with van der Waals surface area (Å²) in [5, 5.41) is 9.31. The van der Waals surface area contributed by atoms with Crippen molar-refractivity contribution in [2.75, 3.05) is 0 Å². The molecule has 0 amide bonds. The van der Waals surface area contributed by atoms with Crippen molar-refractivity contribution in [1.29, 1.82) is 5.53 Å². The summed E-state index contributed by atoms with van der Waals surface area (Å²) in [6.07, 6.45) is 2.95. The van der Waals surface area contributed by atoms with Gasteiger partial charge in [0.25, 0.3) is 0 Å². The van der Waals surface area contributed by atoms with Gasteiger partial charge in [0, 0.05) is 5.38 Å². The molecule has 1 unspecified atom stereocenters. The van der Waals surface area contributed by atoms with Gasteiger partial charge in [0.15, 0.2) is 0 Å². The zero-order valence-electron chi connectivity index (χ0n) is 7.03. The Morgan fingerprint density at radius 3 is 3.17 bits per heavy atom. The van der Waals surface area contributed by atoms with Crippen LogP contribution in [0.15, 0.2) is 10.5 Å². The van der Waals surface area contributed by atoms with Gasteiger partial charge in [0.1, 0.15) is 0 Å². The minimum atomic E-state index is 0.150. The molecule has 5 heteroatoms. The van der Waals surface area contributed by atoms with Crippen LogP contribution in [0.5, 0.6) is 0 Å². The molecule has 1 aromatic rings. The fourth-order valence-corrected chi connectivity index (χ4v) is 1.42. The normalized spacial score (nSPS) is 12.8. The van der Waals surface area contributed by atoms with Crippen LogP contribution in [0.1, 0.15) is 25.5 Å². The van der Waals surface area contributed by atoms with Gasteiger partial charge in [-0.1, -0.05) is 4.49 Å². The molecular formula is C7H12N4S. The van der Waals surface area contributed by atoms with Gasteiger partial charge in [-0.15, -0.1) is 5.10 Å². The van der Waals surface area contributed by atoms with E-state index in [0.29, 0.717) is 0 Å². The molecule has 0 aliphatic rings. The molecule has 0 saturated carbocycles. The summed E-state index contributed by atoms with van der Waals surface area (Å²) in [4.78, 5) is 0. The lowest BCUT2D eigenvalue weighted by atomic mass is 10.1. The van der Waals surface area contributed by atoms with Gasteiger partial charge in [-0.25, -0.2) is 5.53 Å². The largest absolute Gasteiger partial charge is 0.210 e. The molecule has 1 N–H and O–H groups in total. The second kappa shape index (κ2) is 4.92. The number of nitrogens with zero attached hydrogens (tertiary/aromatic N) is 3. The van der Waals surface area contributed by atoms with Gasteiger partial charge in [0.05, 0.1) is 11.7 Å². The number of rotatable bonds is 5. The molecule has 1 heterocycles. The van der Waals surface area contributed by atoms with Crippen molar-refractivity contribution in [3.63, 3.8) is 0 Å². The Labute approximate surface area is 75.7 Å². The molecule has 66 valence electrons. The zero-order valence-corrected chi connectivity index (χ0v) is 7.84. The molecule has 12 heavy (non-hydrogen) atoms. The van der Waals surface area contributed by atoms with Crippen molar-refractivity contribution >= 4 is 11.5 Å². The summed E-state index contributed by atoms with van der Waals surface area (Å²) in [6, 6.07) is 0.150. The van der Waals surface area contributed by atoms with Gasteiger partial charge < -0.3 is 0 Å². The summed E-state index contributed by atoms with van der Waals surface area (Å²) in [6.45, 7) is 1.95. The molecule has 0 bridgehead atoms. The summed E-state index contributed by atoms with van der Waals surface area (Å²) in [7, 11) is 0. The number of nitrogens with one attached hydrogen (secondary N) is 1. The van der Waals surface area contributed by atoms with Crippen LogP contribution >= 0.6 is 11.5 Å². The number of hydrogen-bond donors (Lipinski definition) is 1. The molecule has 0 fully saturated rings. The van der Waals surface area contributed by atoms with Crippen LogP contribution < -0.4 is 0 Å². The fraction of sp³-hybridized carbons (Fsp3) is 0.714. The molecule has 0 saturated heterocycles. The third-order valence-corrected chi connectivity index (χ3v) is 2.23. The number of hydrogen-bond acceptors (Lipinski definition) is 5. The first-order valence-electron chi connectivity index (χ1n) is 3.95. The van der Waals surface area contributed by atoms with E-state index in [1.807, 2.05) is 12.3 Å². The summed E-state index contributed by atoms with van der Waals surface area (Å²) < 4.78 is 3.77. The summed E-state index contributed by atoms with van der Waals surface area (Å²) in [5.74, 6) is 0. The van der Waals surface area contributed by atoms with Crippen molar-refractivity contribution < 1.29 is 0 Å². The maximum absolute atomic E-state index is 6.76. The smallest absolute Gasteiger partial charge is 0.0755 e. The van der Waals surface area contributed by atoms with E-state index >= 15 is 0 Å². The third kappa shape index (κ3) is 3.04. The SMILES string of the molecule is CC(CCCc1csnn1)N=N. The van der Waals surface area contributed by atoms with E-state index in [-0.39, 0.29) is 6.04 Å². The Balaban J connectivity index is 2.15. The van der Waals surface area contributed by atoms with Crippen molar-refractivity contribution in [1.82, 2.24) is 9.59 Å². The molecule has 0 radical (unpaired) electrons. The second-order valence-electron chi connectivity index (χ2n) is 2.77. The molecule has 0 spiro atoms. The zero-order chi connectivity index (χ0) is 8.81. The van der Waals surface area contributed by atoms with Crippen LogP contribution in [0.25, 0.3) is 0 Å². The van der Waals surface area contributed by atoms with Crippen LogP contribution in [0.2, 0.25) is 0 Å². The highest BCUT2D eigenvalue weighted by molar-refractivity contribution is 7.03. The molecule has 1 aromatic heterocycles. The molecule has 0 aliphatic heterocycles. The average molecular weight is 184 g/mol. The van der Waals surface area contributed by atoms with Gasteiger partial charge in [-0.3, -0.25) is 0 Å². The van der Waals surface area contributed by atoms with Crippen molar-refractivity contribution in [3.05, 3.63) is 11.1 Å². The Hall–Kier alpha value is -0.840. The quantitative estimate of drug-likeness (QED) is 0.713. The third-order valence-electron chi connectivity index (χ3n) is 1.68. The highest BCUT2D eigenvalue weighted by atomic mass is 32.1. The van der Waals surface area contributed by atoms with Crippen molar-refractivity contribution in [2.45, 2.75) is 32.2 Å².